The van der Waals surface area contributed by atoms with Crippen LogP contribution in [0.4, 0.5) is 5.13 Å². The first-order valence-electron chi connectivity index (χ1n) is 10.1. The Morgan fingerprint density at radius 2 is 1.85 bits per heavy atom. The predicted octanol–water partition coefficient (Wildman–Crippen LogP) is 3.60. The Labute approximate surface area is 158 Å². The summed E-state index contributed by atoms with van der Waals surface area (Å²) in [5, 5.41) is 3.58. The minimum Gasteiger partial charge on any atom is -0.330 e. The third-order valence-corrected chi connectivity index (χ3v) is 7.99. The molecule has 5 nitrogen and oxygen atoms in total. The Bertz CT molecular complexity index is 708. The fraction of sp³-hybridized carbons (Fsp3) is 0.750. The highest BCUT2D eigenvalue weighted by atomic mass is 32.1. The minimum absolute atomic E-state index is 0.0603. The molecule has 0 radical (unpaired) electrons. The van der Waals surface area contributed by atoms with Crippen molar-refractivity contribution in [3.63, 3.8) is 0 Å². The number of anilines is 1. The van der Waals surface area contributed by atoms with E-state index in [4.69, 9.17) is 0 Å². The van der Waals surface area contributed by atoms with Crippen LogP contribution in [0.2, 0.25) is 0 Å². The number of carbonyl (C=O) groups is 2. The highest BCUT2D eigenvalue weighted by Crippen LogP contribution is 2.60. The maximum absolute atomic E-state index is 13.6. The van der Waals surface area contributed by atoms with Crippen LogP contribution in [-0.4, -0.2) is 34.3 Å². The zero-order valence-corrected chi connectivity index (χ0v) is 16.2. The number of nitrogens with one attached hydrogen (secondary N) is 1. The molecule has 6 heteroatoms. The molecule has 140 valence electrons. The number of aryl methyl sites for hydroxylation is 1. The van der Waals surface area contributed by atoms with Gasteiger partial charge in [-0.1, -0.05) is 0 Å². The van der Waals surface area contributed by atoms with Crippen LogP contribution in [0.3, 0.4) is 0 Å². The highest BCUT2D eigenvalue weighted by molar-refractivity contribution is 7.15. The fourth-order valence-corrected chi connectivity index (χ4v) is 7.23. The molecule has 1 aliphatic heterocycles. The molecule has 1 saturated heterocycles. The van der Waals surface area contributed by atoms with Gasteiger partial charge in [-0.15, -0.1) is 11.3 Å². The standard InChI is InChI=1S/C20H27N3O2S/c1-12-11-21-19(26-12)22-17(24)16-3-2-4-23(16)18(25)20-8-13-5-14(9-20)7-15(6-13)10-20/h11,13-16H,2-10H2,1H3,(H,21,22,24)/t13?,14?,15?,16-,20?/m0/s1. The summed E-state index contributed by atoms with van der Waals surface area (Å²) >= 11 is 1.49. The molecule has 0 spiro atoms. The van der Waals surface area contributed by atoms with E-state index in [9.17, 15) is 9.59 Å². The van der Waals surface area contributed by atoms with Crippen molar-refractivity contribution in [2.24, 2.45) is 23.2 Å². The summed E-state index contributed by atoms with van der Waals surface area (Å²) in [5.74, 6) is 2.47. The lowest BCUT2D eigenvalue weighted by atomic mass is 9.49. The zero-order valence-electron chi connectivity index (χ0n) is 15.4. The van der Waals surface area contributed by atoms with Gasteiger partial charge >= 0.3 is 0 Å². The Morgan fingerprint density at radius 3 is 2.42 bits per heavy atom. The zero-order chi connectivity index (χ0) is 17.9. The summed E-state index contributed by atoms with van der Waals surface area (Å²) in [6.07, 6.45) is 10.7. The molecule has 0 unspecified atom stereocenters. The van der Waals surface area contributed by atoms with E-state index in [0.717, 1.165) is 61.3 Å². The lowest BCUT2D eigenvalue weighted by molar-refractivity contribution is -0.160. The maximum Gasteiger partial charge on any atom is 0.248 e. The lowest BCUT2D eigenvalue weighted by Crippen LogP contribution is -2.56. The van der Waals surface area contributed by atoms with E-state index < -0.39 is 0 Å². The van der Waals surface area contributed by atoms with E-state index >= 15 is 0 Å². The van der Waals surface area contributed by atoms with Gasteiger partial charge in [0, 0.05) is 17.6 Å². The molecule has 1 atom stereocenters. The first-order chi connectivity index (χ1) is 12.5. The summed E-state index contributed by atoms with van der Waals surface area (Å²) in [5.41, 5.74) is -0.157. The van der Waals surface area contributed by atoms with Crippen molar-refractivity contribution in [3.8, 4) is 0 Å². The molecule has 1 aromatic rings. The fourth-order valence-electron chi connectivity index (χ4n) is 6.56. The van der Waals surface area contributed by atoms with Crippen LogP contribution in [0.25, 0.3) is 0 Å². The van der Waals surface area contributed by atoms with Gasteiger partial charge < -0.3 is 10.2 Å². The second kappa shape index (κ2) is 6.04. The van der Waals surface area contributed by atoms with Crippen molar-refractivity contribution < 1.29 is 9.59 Å². The first-order valence-corrected chi connectivity index (χ1v) is 10.9. The van der Waals surface area contributed by atoms with Gasteiger partial charge in [0.1, 0.15) is 6.04 Å². The van der Waals surface area contributed by atoms with E-state index in [1.165, 1.54) is 30.6 Å². The minimum atomic E-state index is -0.320. The topological polar surface area (TPSA) is 62.3 Å². The van der Waals surface area contributed by atoms with E-state index in [-0.39, 0.29) is 23.3 Å². The molecule has 5 fully saturated rings. The lowest BCUT2D eigenvalue weighted by Gasteiger charge is -2.56. The number of aromatic nitrogens is 1. The molecule has 26 heavy (non-hydrogen) atoms. The number of nitrogens with zero attached hydrogens (tertiary/aromatic N) is 2. The van der Waals surface area contributed by atoms with E-state index in [0.29, 0.717) is 5.13 Å². The van der Waals surface area contributed by atoms with Gasteiger partial charge in [0.15, 0.2) is 5.13 Å². The number of thiazole rings is 1. The molecular weight excluding hydrogens is 346 g/mol. The quantitative estimate of drug-likeness (QED) is 0.881. The van der Waals surface area contributed by atoms with Crippen molar-refractivity contribution in [3.05, 3.63) is 11.1 Å². The van der Waals surface area contributed by atoms with Crippen LogP contribution < -0.4 is 5.32 Å². The number of amides is 2. The van der Waals surface area contributed by atoms with Crippen LogP contribution in [-0.2, 0) is 9.59 Å². The van der Waals surface area contributed by atoms with Crippen LogP contribution in [0.5, 0.6) is 0 Å². The van der Waals surface area contributed by atoms with E-state index in [2.05, 4.69) is 10.3 Å². The molecule has 1 aromatic heterocycles. The maximum atomic E-state index is 13.6. The highest BCUT2D eigenvalue weighted by Gasteiger charge is 2.56. The van der Waals surface area contributed by atoms with Gasteiger partial charge in [-0.3, -0.25) is 9.59 Å². The largest absolute Gasteiger partial charge is 0.330 e. The van der Waals surface area contributed by atoms with E-state index in [1.807, 2.05) is 11.8 Å². The van der Waals surface area contributed by atoms with Crippen LogP contribution in [0, 0.1) is 30.1 Å². The number of hydrogen-bond donors (Lipinski definition) is 1. The number of likely N-dealkylation sites (tertiary alicyclic amines) is 1. The molecule has 4 aliphatic carbocycles. The van der Waals surface area contributed by atoms with Crippen LogP contribution in [0.1, 0.15) is 56.2 Å². The van der Waals surface area contributed by atoms with Crippen molar-refractivity contribution in [1.29, 1.82) is 0 Å². The van der Waals surface area contributed by atoms with Gasteiger partial charge in [0.25, 0.3) is 0 Å². The molecule has 1 N–H and O–H groups in total. The third-order valence-electron chi connectivity index (χ3n) is 7.16. The third kappa shape index (κ3) is 2.68. The second-order valence-corrected chi connectivity index (χ2v) is 10.4. The summed E-state index contributed by atoms with van der Waals surface area (Å²) in [7, 11) is 0. The smallest absolute Gasteiger partial charge is 0.248 e. The Hall–Kier alpha value is -1.43. The van der Waals surface area contributed by atoms with Gasteiger partial charge in [0.2, 0.25) is 11.8 Å². The van der Waals surface area contributed by atoms with E-state index in [1.54, 1.807) is 6.20 Å². The van der Waals surface area contributed by atoms with Gasteiger partial charge in [-0.25, -0.2) is 4.98 Å². The Kier molecular flexibility index (Phi) is 3.89. The molecule has 6 rings (SSSR count). The molecular formula is C20H27N3O2S. The van der Waals surface area contributed by atoms with Gasteiger partial charge in [0.05, 0.1) is 5.41 Å². The summed E-state index contributed by atoms with van der Waals surface area (Å²) in [6.45, 7) is 2.71. The second-order valence-electron chi connectivity index (χ2n) is 9.12. The first kappa shape index (κ1) is 16.7. The van der Waals surface area contributed by atoms with Crippen molar-refractivity contribution in [1.82, 2.24) is 9.88 Å². The van der Waals surface area contributed by atoms with Crippen LogP contribution in [0.15, 0.2) is 6.20 Å². The molecule has 0 aromatic carbocycles. The Balaban J connectivity index is 1.34. The SMILES string of the molecule is Cc1cnc(NC(=O)[C@@H]2CCCN2C(=O)C23CC4CC(CC(C4)C2)C3)s1. The summed E-state index contributed by atoms with van der Waals surface area (Å²) < 4.78 is 0. The monoisotopic (exact) mass is 373 g/mol. The van der Waals surface area contributed by atoms with Gasteiger partial charge in [-0.2, -0.15) is 0 Å². The van der Waals surface area contributed by atoms with Crippen LogP contribution >= 0.6 is 11.3 Å². The molecule has 5 aliphatic rings. The summed E-state index contributed by atoms with van der Waals surface area (Å²) in [6, 6.07) is -0.320. The van der Waals surface area contributed by atoms with Gasteiger partial charge in [-0.05, 0) is 76.0 Å². The predicted molar refractivity (Wildman–Crippen MR) is 101 cm³/mol. The van der Waals surface area contributed by atoms with Crippen molar-refractivity contribution >= 4 is 28.3 Å². The molecule has 2 amide bonds. The molecule has 2 heterocycles. The van der Waals surface area contributed by atoms with Crippen molar-refractivity contribution in [2.45, 2.75) is 64.3 Å². The Morgan fingerprint density at radius 1 is 1.19 bits per heavy atom. The number of carbonyl (C=O) groups excluding carboxylic acids is 2. The number of hydrogen-bond acceptors (Lipinski definition) is 4. The number of rotatable bonds is 3. The average Bonchev–Trinajstić information content (AvgIpc) is 3.22. The normalized spacial score (nSPS) is 38.0. The molecule has 4 bridgehead atoms. The summed E-state index contributed by atoms with van der Waals surface area (Å²) in [4.78, 5) is 33.7. The average molecular weight is 374 g/mol. The van der Waals surface area contributed by atoms with Crippen molar-refractivity contribution in [2.75, 3.05) is 11.9 Å². The molecule has 4 saturated carbocycles.